The van der Waals surface area contributed by atoms with Crippen molar-refractivity contribution in [3.8, 4) is 0 Å². The van der Waals surface area contributed by atoms with Crippen molar-refractivity contribution in [2.75, 3.05) is 13.2 Å². The van der Waals surface area contributed by atoms with E-state index in [4.69, 9.17) is 0 Å². The first-order valence-electron chi connectivity index (χ1n) is 8.87. The first-order chi connectivity index (χ1) is 11.8. The zero-order chi connectivity index (χ0) is 16.8. The van der Waals surface area contributed by atoms with Crippen LogP contribution >= 0.6 is 0 Å². The van der Waals surface area contributed by atoms with E-state index in [0.717, 1.165) is 44.3 Å². The number of amides is 2. The highest BCUT2D eigenvalue weighted by Gasteiger charge is 2.24. The van der Waals surface area contributed by atoms with Gasteiger partial charge in [-0.15, -0.1) is 0 Å². The molecule has 3 N–H and O–H groups in total. The van der Waals surface area contributed by atoms with Crippen LogP contribution in [0.15, 0.2) is 36.4 Å². The highest BCUT2D eigenvalue weighted by atomic mass is 16.3. The fourth-order valence-corrected chi connectivity index (χ4v) is 3.56. The maximum absolute atomic E-state index is 12.0. The summed E-state index contributed by atoms with van der Waals surface area (Å²) in [5.74, 6) is 0. The molecule has 0 unspecified atom stereocenters. The van der Waals surface area contributed by atoms with E-state index in [1.54, 1.807) is 0 Å². The minimum Gasteiger partial charge on any atom is -0.395 e. The van der Waals surface area contributed by atoms with Gasteiger partial charge in [-0.1, -0.05) is 36.4 Å². The molecule has 0 saturated carbocycles. The number of benzene rings is 1. The Balaban J connectivity index is 1.54. The number of nitrogens with zero attached hydrogens (tertiary/aromatic N) is 1. The zero-order valence-corrected chi connectivity index (χ0v) is 14.1. The molecule has 1 aliphatic heterocycles. The van der Waals surface area contributed by atoms with Crippen molar-refractivity contribution in [3.05, 3.63) is 47.5 Å². The van der Waals surface area contributed by atoms with Gasteiger partial charge in [0.2, 0.25) is 0 Å². The number of hydrogen-bond donors (Lipinski definition) is 3. The molecule has 2 amide bonds. The monoisotopic (exact) mass is 329 g/mol. The van der Waals surface area contributed by atoms with Gasteiger partial charge in [0.1, 0.15) is 0 Å². The molecule has 1 aromatic rings. The molecule has 1 aromatic carbocycles. The lowest BCUT2D eigenvalue weighted by Crippen LogP contribution is -2.40. The van der Waals surface area contributed by atoms with Crippen molar-refractivity contribution in [1.82, 2.24) is 15.5 Å². The van der Waals surface area contributed by atoms with E-state index in [1.807, 2.05) is 12.1 Å². The Hall–Kier alpha value is -1.85. The van der Waals surface area contributed by atoms with Gasteiger partial charge in [-0.25, -0.2) is 4.79 Å². The lowest BCUT2D eigenvalue weighted by atomic mass is 10.1. The Kier molecular flexibility index (Phi) is 5.88. The number of likely N-dealkylation sites (tertiary alicyclic amines) is 1. The second-order valence-corrected chi connectivity index (χ2v) is 6.68. The van der Waals surface area contributed by atoms with E-state index in [1.165, 1.54) is 5.56 Å². The average molecular weight is 329 g/mol. The molecular formula is C19H27N3O2. The summed E-state index contributed by atoms with van der Waals surface area (Å²) in [7, 11) is 0. The lowest BCUT2D eigenvalue weighted by molar-refractivity contribution is 0.153. The summed E-state index contributed by atoms with van der Waals surface area (Å²) >= 11 is 0. The Labute approximate surface area is 143 Å². The van der Waals surface area contributed by atoms with Crippen LogP contribution in [0.25, 0.3) is 0 Å². The second-order valence-electron chi connectivity index (χ2n) is 6.68. The molecule has 1 saturated heterocycles. The van der Waals surface area contributed by atoms with Crippen molar-refractivity contribution in [3.63, 3.8) is 0 Å². The van der Waals surface area contributed by atoms with Crippen molar-refractivity contribution in [1.29, 1.82) is 0 Å². The smallest absolute Gasteiger partial charge is 0.315 e. The van der Waals surface area contributed by atoms with E-state index >= 15 is 0 Å². The van der Waals surface area contributed by atoms with Gasteiger partial charge in [-0.3, -0.25) is 4.90 Å². The highest BCUT2D eigenvalue weighted by molar-refractivity contribution is 5.74. The Bertz CT molecular complexity index is 580. The predicted molar refractivity (Wildman–Crippen MR) is 94.5 cm³/mol. The van der Waals surface area contributed by atoms with Gasteiger partial charge in [-0.05, 0) is 43.4 Å². The lowest BCUT2D eigenvalue weighted by Gasteiger charge is -2.24. The molecule has 0 aromatic heterocycles. The molecule has 3 rings (SSSR count). The standard InChI is InChI=1S/C19H27N3O2/c23-14-18-10-5-11-22(18)13-16-7-2-1-6-15(16)12-20-19(24)21-17-8-3-4-9-17/h1-4,6-7,17-18,23H,5,8-14H2,(H2,20,21,24)/t18-/m0/s1. The average Bonchev–Trinajstić information content (AvgIpc) is 3.25. The van der Waals surface area contributed by atoms with Crippen LogP contribution in [0.2, 0.25) is 0 Å². The van der Waals surface area contributed by atoms with Crippen LogP contribution in [-0.4, -0.2) is 41.3 Å². The molecule has 1 atom stereocenters. The first kappa shape index (κ1) is 17.0. The number of hydrogen-bond acceptors (Lipinski definition) is 3. The van der Waals surface area contributed by atoms with Crippen LogP contribution in [0.1, 0.15) is 36.8 Å². The van der Waals surface area contributed by atoms with Crippen LogP contribution in [0.4, 0.5) is 4.79 Å². The topological polar surface area (TPSA) is 64.6 Å². The van der Waals surface area contributed by atoms with Gasteiger partial charge >= 0.3 is 6.03 Å². The highest BCUT2D eigenvalue weighted by Crippen LogP contribution is 2.21. The second kappa shape index (κ2) is 8.31. The number of aliphatic hydroxyl groups is 1. The molecule has 24 heavy (non-hydrogen) atoms. The molecule has 0 spiro atoms. The Morgan fingerprint density at radius 3 is 2.71 bits per heavy atom. The van der Waals surface area contributed by atoms with Gasteiger partial charge in [0.25, 0.3) is 0 Å². The summed E-state index contributed by atoms with van der Waals surface area (Å²) in [6, 6.07) is 8.62. The molecule has 0 radical (unpaired) electrons. The van der Waals surface area contributed by atoms with Crippen molar-refractivity contribution < 1.29 is 9.90 Å². The molecule has 2 aliphatic rings. The van der Waals surface area contributed by atoms with E-state index < -0.39 is 0 Å². The minimum absolute atomic E-state index is 0.104. The SMILES string of the molecule is O=C(NCc1ccccc1CN1CCC[C@H]1CO)NC1CC=CC1. The number of urea groups is 1. The van der Waals surface area contributed by atoms with Crippen LogP contribution in [0.3, 0.4) is 0 Å². The minimum atomic E-state index is -0.104. The van der Waals surface area contributed by atoms with Crippen molar-refractivity contribution in [2.45, 2.75) is 50.9 Å². The number of carbonyl (C=O) groups is 1. The van der Waals surface area contributed by atoms with E-state index in [-0.39, 0.29) is 24.7 Å². The van der Waals surface area contributed by atoms with Crippen LogP contribution < -0.4 is 10.6 Å². The third-order valence-corrected chi connectivity index (χ3v) is 4.98. The summed E-state index contributed by atoms with van der Waals surface area (Å²) in [6.45, 7) is 2.61. The Morgan fingerprint density at radius 1 is 1.21 bits per heavy atom. The largest absolute Gasteiger partial charge is 0.395 e. The van der Waals surface area contributed by atoms with Crippen LogP contribution in [0, 0.1) is 0 Å². The molecule has 130 valence electrons. The van der Waals surface area contributed by atoms with Crippen LogP contribution in [-0.2, 0) is 13.1 Å². The van der Waals surface area contributed by atoms with E-state index in [9.17, 15) is 9.90 Å². The molecule has 5 nitrogen and oxygen atoms in total. The summed E-state index contributed by atoms with van der Waals surface area (Å²) < 4.78 is 0. The van der Waals surface area contributed by atoms with Crippen molar-refractivity contribution >= 4 is 6.03 Å². The summed E-state index contributed by atoms with van der Waals surface area (Å²) in [6.07, 6.45) is 8.25. The molecule has 1 heterocycles. The number of rotatable bonds is 6. The maximum Gasteiger partial charge on any atom is 0.315 e. The predicted octanol–water partition coefficient (Wildman–Crippen LogP) is 2.16. The van der Waals surface area contributed by atoms with Crippen molar-refractivity contribution in [2.24, 2.45) is 0 Å². The maximum atomic E-state index is 12.0. The molecule has 5 heteroatoms. The zero-order valence-electron chi connectivity index (χ0n) is 14.1. The van der Waals surface area contributed by atoms with Gasteiger partial charge in [0, 0.05) is 25.2 Å². The summed E-state index contributed by atoms with van der Waals surface area (Å²) in [5, 5.41) is 15.5. The van der Waals surface area contributed by atoms with Gasteiger partial charge in [0.15, 0.2) is 0 Å². The summed E-state index contributed by atoms with van der Waals surface area (Å²) in [4.78, 5) is 14.4. The van der Waals surface area contributed by atoms with Crippen LogP contribution in [0.5, 0.6) is 0 Å². The van der Waals surface area contributed by atoms with Gasteiger partial charge in [0.05, 0.1) is 6.61 Å². The molecular weight excluding hydrogens is 302 g/mol. The Morgan fingerprint density at radius 2 is 1.96 bits per heavy atom. The van der Waals surface area contributed by atoms with Gasteiger partial charge < -0.3 is 15.7 Å². The molecule has 1 fully saturated rings. The van der Waals surface area contributed by atoms with Gasteiger partial charge in [-0.2, -0.15) is 0 Å². The fraction of sp³-hybridized carbons (Fsp3) is 0.526. The molecule has 1 aliphatic carbocycles. The summed E-state index contributed by atoms with van der Waals surface area (Å²) in [5.41, 5.74) is 2.36. The normalized spacial score (nSPS) is 21.3. The van der Waals surface area contributed by atoms with E-state index in [2.05, 4.69) is 39.8 Å². The quantitative estimate of drug-likeness (QED) is 0.701. The number of carbonyl (C=O) groups excluding carboxylic acids is 1. The van der Waals surface area contributed by atoms with E-state index in [0.29, 0.717) is 6.54 Å². The third kappa shape index (κ3) is 4.36. The molecule has 0 bridgehead atoms. The number of aliphatic hydroxyl groups excluding tert-OH is 1. The number of nitrogens with one attached hydrogen (secondary N) is 2. The first-order valence-corrected chi connectivity index (χ1v) is 8.87. The fourth-order valence-electron chi connectivity index (χ4n) is 3.56. The third-order valence-electron chi connectivity index (χ3n) is 4.98.